The van der Waals surface area contributed by atoms with Crippen molar-refractivity contribution in [1.29, 1.82) is 5.26 Å². The molecule has 0 unspecified atom stereocenters. The van der Waals surface area contributed by atoms with Crippen molar-refractivity contribution in [2.24, 2.45) is 0 Å². The summed E-state index contributed by atoms with van der Waals surface area (Å²) in [4.78, 5) is 12.5. The number of nitrogens with zero attached hydrogens (tertiary/aromatic N) is 1. The van der Waals surface area contributed by atoms with Crippen LogP contribution in [0.4, 0.5) is 10.1 Å². The van der Waals surface area contributed by atoms with Crippen molar-refractivity contribution in [3.63, 3.8) is 0 Å². The summed E-state index contributed by atoms with van der Waals surface area (Å²) in [6, 6.07) is 17.6. The van der Waals surface area contributed by atoms with Gasteiger partial charge in [-0.25, -0.2) is 4.39 Å². The molecule has 0 fully saturated rings. The van der Waals surface area contributed by atoms with Gasteiger partial charge in [-0.05, 0) is 49.4 Å². The molecule has 0 aliphatic heterocycles. The molecule has 3 rings (SSSR count). The van der Waals surface area contributed by atoms with Crippen LogP contribution in [0.5, 0.6) is 11.5 Å². The molecule has 0 aromatic heterocycles. The third-order valence-corrected chi connectivity index (χ3v) is 5.77. The summed E-state index contributed by atoms with van der Waals surface area (Å²) in [6.45, 7) is 1.82. The molecule has 0 saturated heterocycles. The summed E-state index contributed by atoms with van der Waals surface area (Å²) < 4.78 is 49.8. The Kier molecular flexibility index (Phi) is 7.10. The number of hydrogen-bond acceptors (Lipinski definition) is 6. The number of aryl methyl sites for hydroxylation is 1. The van der Waals surface area contributed by atoms with Crippen molar-refractivity contribution in [2.45, 2.75) is 11.8 Å². The van der Waals surface area contributed by atoms with E-state index in [1.54, 1.807) is 18.2 Å². The molecule has 0 heterocycles. The van der Waals surface area contributed by atoms with Gasteiger partial charge in [0.1, 0.15) is 28.1 Å². The lowest BCUT2D eigenvalue weighted by Crippen LogP contribution is -2.14. The molecule has 0 bridgehead atoms. The van der Waals surface area contributed by atoms with E-state index in [9.17, 15) is 22.9 Å². The predicted octanol–water partition coefficient (Wildman–Crippen LogP) is 4.46. The number of nitrogens with one attached hydrogen (secondary N) is 1. The Morgan fingerprint density at radius 2 is 1.79 bits per heavy atom. The Morgan fingerprint density at radius 3 is 2.42 bits per heavy atom. The van der Waals surface area contributed by atoms with Crippen LogP contribution in [0.3, 0.4) is 0 Å². The first kappa shape index (κ1) is 23.5. The largest absolute Gasteiger partial charge is 0.497 e. The maximum atomic E-state index is 13.8. The van der Waals surface area contributed by atoms with Gasteiger partial charge in [-0.15, -0.1) is 0 Å². The first-order valence-corrected chi connectivity index (χ1v) is 11.0. The van der Waals surface area contributed by atoms with E-state index in [2.05, 4.69) is 5.32 Å². The van der Waals surface area contributed by atoms with Crippen LogP contribution in [0, 0.1) is 24.1 Å². The van der Waals surface area contributed by atoms with Gasteiger partial charge in [0.25, 0.3) is 5.91 Å². The van der Waals surface area contributed by atoms with Crippen molar-refractivity contribution >= 4 is 27.8 Å². The fourth-order valence-corrected chi connectivity index (χ4v) is 3.71. The molecule has 168 valence electrons. The Bertz CT molecular complexity index is 1360. The van der Waals surface area contributed by atoms with Crippen LogP contribution >= 0.6 is 0 Å². The summed E-state index contributed by atoms with van der Waals surface area (Å²) in [5.41, 5.74) is 0.517. The summed E-state index contributed by atoms with van der Waals surface area (Å²) >= 11 is 0. The van der Waals surface area contributed by atoms with Gasteiger partial charge in [0, 0.05) is 11.6 Å². The van der Waals surface area contributed by atoms with Gasteiger partial charge in [0.15, 0.2) is 5.75 Å². The topological polar surface area (TPSA) is 105 Å². The van der Waals surface area contributed by atoms with Crippen LogP contribution in [0.25, 0.3) is 6.08 Å². The lowest BCUT2D eigenvalue weighted by Gasteiger charge is -2.12. The fraction of sp³-hybridized carbons (Fsp3) is 0.0833. The number of nitriles is 1. The number of hydrogen-bond donors (Lipinski definition) is 1. The number of anilines is 1. The first-order valence-electron chi connectivity index (χ1n) is 9.60. The van der Waals surface area contributed by atoms with Crippen LogP contribution in [0.15, 0.2) is 77.2 Å². The quantitative estimate of drug-likeness (QED) is 0.313. The normalized spacial score (nSPS) is 11.4. The molecule has 9 heteroatoms. The zero-order valence-electron chi connectivity index (χ0n) is 17.7. The highest BCUT2D eigenvalue weighted by Gasteiger charge is 2.20. The number of rotatable bonds is 7. The van der Waals surface area contributed by atoms with Crippen LogP contribution in [-0.2, 0) is 14.9 Å². The Hall–Kier alpha value is -4.16. The van der Waals surface area contributed by atoms with Crippen molar-refractivity contribution in [1.82, 2.24) is 0 Å². The number of halogens is 1. The molecule has 0 atom stereocenters. The number of carbonyl (C=O) groups is 1. The first-order chi connectivity index (χ1) is 15.7. The van der Waals surface area contributed by atoms with E-state index in [4.69, 9.17) is 8.92 Å². The lowest BCUT2D eigenvalue weighted by atomic mass is 10.1. The number of methoxy groups -OCH3 is 1. The maximum absolute atomic E-state index is 13.8. The van der Waals surface area contributed by atoms with E-state index >= 15 is 0 Å². The summed E-state index contributed by atoms with van der Waals surface area (Å²) in [6.07, 6.45) is 1.15. The molecule has 0 radical (unpaired) electrons. The molecule has 7 nitrogen and oxygen atoms in total. The molecule has 3 aromatic carbocycles. The van der Waals surface area contributed by atoms with E-state index < -0.39 is 21.8 Å². The third kappa shape index (κ3) is 5.75. The summed E-state index contributed by atoms with van der Waals surface area (Å²) in [5, 5.41) is 11.8. The van der Waals surface area contributed by atoms with Crippen LogP contribution in [-0.4, -0.2) is 21.4 Å². The Balaban J connectivity index is 1.97. The highest BCUT2D eigenvalue weighted by atomic mass is 32.2. The molecule has 0 saturated carbocycles. The fourth-order valence-electron chi connectivity index (χ4n) is 2.76. The predicted molar refractivity (Wildman–Crippen MR) is 121 cm³/mol. The van der Waals surface area contributed by atoms with Gasteiger partial charge in [0.05, 0.1) is 12.8 Å². The second-order valence-electron chi connectivity index (χ2n) is 6.86. The van der Waals surface area contributed by atoms with E-state index in [1.807, 2.05) is 6.92 Å². The molecule has 33 heavy (non-hydrogen) atoms. The van der Waals surface area contributed by atoms with Crippen molar-refractivity contribution in [3.05, 3.63) is 89.2 Å². The number of para-hydroxylation sites is 1. The number of benzene rings is 3. The van der Waals surface area contributed by atoms with E-state index in [-0.39, 0.29) is 27.5 Å². The average Bonchev–Trinajstić information content (AvgIpc) is 2.79. The standard InChI is InChI=1S/C24H19FN2O5S/c1-16-7-11-20(12-8-16)33(29,30)32-23-14-19(31-2)10-9-17(23)13-18(15-26)24(28)27-22-6-4-3-5-21(22)25/h3-14H,1-2H3,(H,27,28)/b18-13+. The summed E-state index contributed by atoms with van der Waals surface area (Å²) in [7, 11) is -2.82. The van der Waals surface area contributed by atoms with Crippen molar-refractivity contribution < 1.29 is 26.5 Å². The molecule has 0 aliphatic carbocycles. The van der Waals surface area contributed by atoms with Gasteiger partial charge in [-0.1, -0.05) is 29.8 Å². The molecule has 3 aromatic rings. The van der Waals surface area contributed by atoms with Crippen molar-refractivity contribution in [3.8, 4) is 17.6 Å². The van der Waals surface area contributed by atoms with Gasteiger partial charge in [-0.3, -0.25) is 4.79 Å². The minimum atomic E-state index is -4.21. The monoisotopic (exact) mass is 466 g/mol. The molecule has 0 aliphatic rings. The minimum absolute atomic E-state index is 0.0661. The van der Waals surface area contributed by atoms with Gasteiger partial charge < -0.3 is 14.2 Å². The summed E-state index contributed by atoms with van der Waals surface area (Å²) in [5.74, 6) is -1.39. The third-order valence-electron chi connectivity index (χ3n) is 4.52. The molecular formula is C24H19FN2O5S. The van der Waals surface area contributed by atoms with Crippen LogP contribution < -0.4 is 14.2 Å². The number of ether oxygens (including phenoxy) is 1. The molecule has 0 spiro atoms. The zero-order valence-corrected chi connectivity index (χ0v) is 18.5. The smallest absolute Gasteiger partial charge is 0.339 e. The van der Waals surface area contributed by atoms with Gasteiger partial charge in [0.2, 0.25) is 0 Å². The minimum Gasteiger partial charge on any atom is -0.497 e. The highest BCUT2D eigenvalue weighted by Crippen LogP contribution is 2.30. The molecular weight excluding hydrogens is 447 g/mol. The van der Waals surface area contributed by atoms with E-state index in [0.29, 0.717) is 5.75 Å². The second-order valence-corrected chi connectivity index (χ2v) is 8.40. The zero-order chi connectivity index (χ0) is 24.0. The lowest BCUT2D eigenvalue weighted by molar-refractivity contribution is -0.112. The number of carbonyl (C=O) groups excluding carboxylic acids is 1. The highest BCUT2D eigenvalue weighted by molar-refractivity contribution is 7.87. The van der Waals surface area contributed by atoms with Gasteiger partial charge >= 0.3 is 10.1 Å². The average molecular weight is 466 g/mol. The molecule has 1 N–H and O–H groups in total. The Morgan fingerprint density at radius 1 is 1.09 bits per heavy atom. The maximum Gasteiger partial charge on any atom is 0.339 e. The SMILES string of the molecule is COc1ccc(/C=C(\C#N)C(=O)Nc2ccccc2F)c(OS(=O)(=O)c2ccc(C)cc2)c1. The number of amides is 1. The van der Waals surface area contributed by atoms with E-state index in [1.165, 1.54) is 55.6 Å². The van der Waals surface area contributed by atoms with E-state index in [0.717, 1.165) is 17.7 Å². The van der Waals surface area contributed by atoms with Crippen LogP contribution in [0.2, 0.25) is 0 Å². The molecule has 1 amide bonds. The second kappa shape index (κ2) is 9.97. The van der Waals surface area contributed by atoms with Crippen LogP contribution in [0.1, 0.15) is 11.1 Å². The van der Waals surface area contributed by atoms with Crippen molar-refractivity contribution in [2.75, 3.05) is 12.4 Å². The van der Waals surface area contributed by atoms with Gasteiger partial charge in [-0.2, -0.15) is 13.7 Å². The Labute approximate surface area is 190 Å².